The summed E-state index contributed by atoms with van der Waals surface area (Å²) >= 11 is 4.42. The average molecular weight is 328 g/mol. The first-order chi connectivity index (χ1) is 7.51. The first-order valence-corrected chi connectivity index (χ1v) is 7.99. The summed E-state index contributed by atoms with van der Waals surface area (Å²) in [5, 5.41) is 8.93. The van der Waals surface area contributed by atoms with E-state index in [9.17, 15) is 8.42 Å². The van der Waals surface area contributed by atoms with E-state index in [2.05, 4.69) is 20.7 Å². The highest BCUT2D eigenvalue weighted by atomic mass is 79.9. The van der Waals surface area contributed by atoms with E-state index in [0.29, 0.717) is 15.2 Å². The molecule has 0 aliphatic carbocycles. The molecule has 0 radical (unpaired) electrons. The highest BCUT2D eigenvalue weighted by Gasteiger charge is 2.19. The Bertz CT molecular complexity index is 442. The van der Waals surface area contributed by atoms with Gasteiger partial charge in [0.25, 0.3) is 0 Å². The zero-order valence-electron chi connectivity index (χ0n) is 8.86. The molecule has 0 unspecified atom stereocenters. The third-order valence-corrected chi connectivity index (χ3v) is 5.67. The second-order valence-corrected chi connectivity index (χ2v) is 7.45. The Morgan fingerprint density at radius 2 is 2.25 bits per heavy atom. The summed E-state index contributed by atoms with van der Waals surface area (Å²) in [5.74, 6) is 0. The van der Waals surface area contributed by atoms with Crippen molar-refractivity contribution >= 4 is 37.3 Å². The van der Waals surface area contributed by atoms with Crippen molar-refractivity contribution < 1.29 is 13.5 Å². The monoisotopic (exact) mass is 327 g/mol. The smallest absolute Gasteiger partial charge is 0.242 e. The summed E-state index contributed by atoms with van der Waals surface area (Å²) in [4.78, 5) is 0.834. The molecule has 1 heterocycles. The molecule has 0 aliphatic rings. The van der Waals surface area contributed by atoms with Crippen molar-refractivity contribution in [1.29, 1.82) is 0 Å². The number of halogens is 1. The van der Waals surface area contributed by atoms with Crippen LogP contribution in [0.2, 0.25) is 0 Å². The van der Waals surface area contributed by atoms with E-state index in [4.69, 9.17) is 5.11 Å². The van der Waals surface area contributed by atoms with Crippen LogP contribution in [0.3, 0.4) is 0 Å². The Labute approximate surface area is 108 Å². The van der Waals surface area contributed by atoms with Gasteiger partial charge in [-0.05, 0) is 28.4 Å². The molecule has 92 valence electrons. The molecule has 16 heavy (non-hydrogen) atoms. The second-order valence-electron chi connectivity index (χ2n) is 3.26. The lowest BCUT2D eigenvalue weighted by Crippen LogP contribution is -2.24. The van der Waals surface area contributed by atoms with Crippen LogP contribution in [0.25, 0.3) is 0 Å². The normalized spacial score (nSPS) is 11.9. The van der Waals surface area contributed by atoms with Gasteiger partial charge < -0.3 is 5.11 Å². The average Bonchev–Trinajstić information content (AvgIpc) is 2.60. The fourth-order valence-electron chi connectivity index (χ4n) is 1.12. The second kappa shape index (κ2) is 6.11. The fraction of sp³-hybridized carbons (Fsp3) is 0.556. The molecule has 0 spiro atoms. The summed E-state index contributed by atoms with van der Waals surface area (Å²) < 4.78 is 26.7. The van der Waals surface area contributed by atoms with Crippen molar-refractivity contribution in [3.05, 3.63) is 14.7 Å². The van der Waals surface area contributed by atoms with E-state index < -0.39 is 10.0 Å². The predicted octanol–water partition coefficient (Wildman–Crippen LogP) is 2.08. The lowest BCUT2D eigenvalue weighted by Gasteiger charge is -2.04. The molecule has 0 fully saturated rings. The standard InChI is InChI=1S/C9H14BrNO3S2/c1-2-3-4-11-16(13,14)8-5-7(6-12)15-9(8)10/h5,11-12H,2-4,6H2,1H3. The number of thiophene rings is 1. The largest absolute Gasteiger partial charge is 0.391 e. The van der Waals surface area contributed by atoms with Crippen LogP contribution in [0.1, 0.15) is 24.6 Å². The van der Waals surface area contributed by atoms with Crippen molar-refractivity contribution in [2.24, 2.45) is 0 Å². The van der Waals surface area contributed by atoms with Gasteiger partial charge >= 0.3 is 0 Å². The predicted molar refractivity (Wildman–Crippen MR) is 68.0 cm³/mol. The molecule has 1 aromatic rings. The van der Waals surface area contributed by atoms with Crippen molar-refractivity contribution in [2.75, 3.05) is 6.54 Å². The number of nitrogens with one attached hydrogen (secondary N) is 1. The van der Waals surface area contributed by atoms with Crippen LogP contribution in [0.15, 0.2) is 14.7 Å². The van der Waals surface area contributed by atoms with Crippen LogP contribution < -0.4 is 4.72 Å². The van der Waals surface area contributed by atoms with E-state index in [-0.39, 0.29) is 11.5 Å². The van der Waals surface area contributed by atoms with Gasteiger partial charge in [-0.25, -0.2) is 13.1 Å². The van der Waals surface area contributed by atoms with Gasteiger partial charge in [0, 0.05) is 11.4 Å². The number of unbranched alkanes of at least 4 members (excludes halogenated alkanes) is 1. The number of sulfonamides is 1. The van der Waals surface area contributed by atoms with Crippen molar-refractivity contribution in [3.8, 4) is 0 Å². The molecule has 1 aromatic heterocycles. The van der Waals surface area contributed by atoms with E-state index in [1.54, 1.807) is 0 Å². The number of hydrogen-bond acceptors (Lipinski definition) is 4. The Kier molecular flexibility index (Phi) is 5.39. The highest BCUT2D eigenvalue weighted by Crippen LogP contribution is 2.31. The lowest BCUT2D eigenvalue weighted by atomic mass is 10.3. The Morgan fingerprint density at radius 3 is 2.75 bits per heavy atom. The third kappa shape index (κ3) is 3.53. The molecule has 0 aromatic carbocycles. The summed E-state index contributed by atoms with van der Waals surface area (Å²) in [6, 6.07) is 1.49. The summed E-state index contributed by atoms with van der Waals surface area (Å²) in [7, 11) is -3.45. The molecule has 0 atom stereocenters. The SMILES string of the molecule is CCCCNS(=O)(=O)c1cc(CO)sc1Br. The minimum absolute atomic E-state index is 0.145. The first-order valence-electron chi connectivity index (χ1n) is 4.90. The minimum atomic E-state index is -3.45. The maximum absolute atomic E-state index is 11.8. The van der Waals surface area contributed by atoms with Crippen molar-refractivity contribution in [3.63, 3.8) is 0 Å². The zero-order chi connectivity index (χ0) is 12.2. The van der Waals surface area contributed by atoms with Crippen LogP contribution in [-0.4, -0.2) is 20.1 Å². The van der Waals surface area contributed by atoms with Crippen LogP contribution >= 0.6 is 27.3 Å². The molecular formula is C9H14BrNO3S2. The van der Waals surface area contributed by atoms with Gasteiger partial charge in [-0.3, -0.25) is 0 Å². The van der Waals surface area contributed by atoms with Gasteiger partial charge in [0.1, 0.15) is 4.90 Å². The van der Waals surface area contributed by atoms with Crippen LogP contribution in [0.5, 0.6) is 0 Å². The number of aliphatic hydroxyl groups excluding tert-OH is 1. The van der Waals surface area contributed by atoms with Crippen LogP contribution in [-0.2, 0) is 16.6 Å². The summed E-state index contributed by atoms with van der Waals surface area (Å²) in [5.41, 5.74) is 0. The van der Waals surface area contributed by atoms with Gasteiger partial charge in [0.2, 0.25) is 10.0 Å². The van der Waals surface area contributed by atoms with Gasteiger partial charge in [0.05, 0.1) is 10.4 Å². The molecule has 0 amide bonds. The molecule has 0 aliphatic heterocycles. The quantitative estimate of drug-likeness (QED) is 0.786. The van der Waals surface area contributed by atoms with Crippen LogP contribution in [0.4, 0.5) is 0 Å². The number of hydrogen-bond donors (Lipinski definition) is 2. The number of aliphatic hydroxyl groups is 1. The van der Waals surface area contributed by atoms with Gasteiger partial charge in [-0.15, -0.1) is 11.3 Å². The summed E-state index contributed by atoms with van der Waals surface area (Å²) in [6.45, 7) is 2.29. The van der Waals surface area contributed by atoms with Crippen molar-refractivity contribution in [2.45, 2.75) is 31.3 Å². The molecule has 4 nitrogen and oxygen atoms in total. The molecule has 1 rings (SSSR count). The van der Waals surface area contributed by atoms with Crippen LogP contribution in [0, 0.1) is 0 Å². The topological polar surface area (TPSA) is 66.4 Å². The molecule has 0 saturated carbocycles. The van der Waals surface area contributed by atoms with Gasteiger partial charge in [-0.1, -0.05) is 13.3 Å². The Balaban J connectivity index is 2.85. The Morgan fingerprint density at radius 1 is 1.56 bits per heavy atom. The Hall–Kier alpha value is 0.0500. The molecule has 7 heteroatoms. The fourth-order valence-corrected chi connectivity index (χ4v) is 4.73. The minimum Gasteiger partial charge on any atom is -0.391 e. The van der Waals surface area contributed by atoms with E-state index in [1.807, 2.05) is 6.92 Å². The lowest BCUT2D eigenvalue weighted by molar-refractivity contribution is 0.285. The van der Waals surface area contributed by atoms with Gasteiger partial charge in [-0.2, -0.15) is 0 Å². The van der Waals surface area contributed by atoms with E-state index in [0.717, 1.165) is 12.8 Å². The zero-order valence-corrected chi connectivity index (χ0v) is 12.1. The summed E-state index contributed by atoms with van der Waals surface area (Å²) in [6.07, 6.45) is 1.75. The maximum atomic E-state index is 11.8. The third-order valence-electron chi connectivity index (χ3n) is 1.97. The molecule has 2 N–H and O–H groups in total. The first kappa shape index (κ1) is 14.1. The molecule has 0 saturated heterocycles. The van der Waals surface area contributed by atoms with E-state index in [1.165, 1.54) is 17.4 Å². The van der Waals surface area contributed by atoms with E-state index >= 15 is 0 Å². The number of rotatable bonds is 6. The maximum Gasteiger partial charge on any atom is 0.242 e. The molecular weight excluding hydrogens is 314 g/mol. The van der Waals surface area contributed by atoms with Crippen molar-refractivity contribution in [1.82, 2.24) is 4.72 Å². The molecule has 0 bridgehead atoms. The highest BCUT2D eigenvalue weighted by molar-refractivity contribution is 9.11. The van der Waals surface area contributed by atoms with Gasteiger partial charge in [0.15, 0.2) is 0 Å².